The van der Waals surface area contributed by atoms with Crippen molar-refractivity contribution in [1.29, 1.82) is 0 Å². The molecule has 0 aliphatic carbocycles. The van der Waals surface area contributed by atoms with Gasteiger partial charge >= 0.3 is 12.1 Å². The van der Waals surface area contributed by atoms with Crippen LogP contribution in [0.15, 0.2) is 60.7 Å². The first-order valence-corrected chi connectivity index (χ1v) is 9.28. The number of aliphatic carboxylic acids is 1. The van der Waals surface area contributed by atoms with Crippen LogP contribution in [0.3, 0.4) is 0 Å². The van der Waals surface area contributed by atoms with Crippen molar-refractivity contribution in [2.75, 3.05) is 13.1 Å². The molecule has 5 heteroatoms. The maximum absolute atomic E-state index is 12.4. The number of piperidine rings is 1. The molecular weight excluding hydrogens is 342 g/mol. The van der Waals surface area contributed by atoms with Crippen molar-refractivity contribution in [3.05, 3.63) is 71.8 Å². The van der Waals surface area contributed by atoms with Crippen molar-refractivity contribution in [1.82, 2.24) is 4.90 Å². The Morgan fingerprint density at radius 2 is 1.48 bits per heavy atom. The van der Waals surface area contributed by atoms with Crippen molar-refractivity contribution < 1.29 is 19.4 Å². The third kappa shape index (κ3) is 5.33. The topological polar surface area (TPSA) is 66.8 Å². The van der Waals surface area contributed by atoms with Crippen LogP contribution in [-0.4, -0.2) is 35.2 Å². The van der Waals surface area contributed by atoms with Gasteiger partial charge in [-0.05, 0) is 35.8 Å². The highest BCUT2D eigenvalue weighted by molar-refractivity contribution is 5.69. The lowest BCUT2D eigenvalue weighted by Gasteiger charge is -2.40. The first-order valence-electron chi connectivity index (χ1n) is 9.28. The lowest BCUT2D eigenvalue weighted by molar-refractivity contribution is -0.140. The van der Waals surface area contributed by atoms with Crippen LogP contribution in [0.4, 0.5) is 4.79 Å². The summed E-state index contributed by atoms with van der Waals surface area (Å²) in [4.78, 5) is 25.5. The average molecular weight is 367 g/mol. The zero-order chi connectivity index (χ0) is 19.1. The van der Waals surface area contributed by atoms with E-state index in [1.807, 2.05) is 60.7 Å². The van der Waals surface area contributed by atoms with Gasteiger partial charge in [-0.25, -0.2) is 4.79 Å². The van der Waals surface area contributed by atoms with Gasteiger partial charge in [0.15, 0.2) is 0 Å². The van der Waals surface area contributed by atoms with Crippen LogP contribution in [0.2, 0.25) is 0 Å². The predicted octanol–water partition coefficient (Wildman–Crippen LogP) is 4.12. The van der Waals surface area contributed by atoms with E-state index in [4.69, 9.17) is 4.74 Å². The minimum absolute atomic E-state index is 0.120. The zero-order valence-electron chi connectivity index (χ0n) is 15.3. The molecule has 1 heterocycles. The molecular formula is C22H25NO4. The van der Waals surface area contributed by atoms with Gasteiger partial charge < -0.3 is 14.7 Å². The number of likely N-dealkylation sites (tertiary alicyclic amines) is 1. The largest absolute Gasteiger partial charge is 0.481 e. The number of hydrogen-bond acceptors (Lipinski definition) is 3. The Hall–Kier alpha value is -2.82. The van der Waals surface area contributed by atoms with Crippen molar-refractivity contribution >= 4 is 12.1 Å². The number of carbonyl (C=O) groups excluding carboxylic acids is 1. The minimum Gasteiger partial charge on any atom is -0.481 e. The second kappa shape index (κ2) is 8.71. The molecule has 0 spiro atoms. The van der Waals surface area contributed by atoms with Crippen LogP contribution in [-0.2, 0) is 22.6 Å². The van der Waals surface area contributed by atoms with Gasteiger partial charge in [0.2, 0.25) is 0 Å². The Bertz CT molecular complexity index is 752. The maximum Gasteiger partial charge on any atom is 0.410 e. The SMILES string of the molecule is O=C(O)CC1(Cc2ccccc2)CCN(C(=O)OCc2ccccc2)CC1. The van der Waals surface area contributed by atoms with Gasteiger partial charge in [0.1, 0.15) is 6.61 Å². The number of carboxylic acid groups (broad SMARTS) is 1. The van der Waals surface area contributed by atoms with Crippen LogP contribution in [0.5, 0.6) is 0 Å². The van der Waals surface area contributed by atoms with E-state index in [-0.39, 0.29) is 24.5 Å². The monoisotopic (exact) mass is 367 g/mol. The molecule has 0 bridgehead atoms. The molecule has 2 aromatic carbocycles. The smallest absolute Gasteiger partial charge is 0.410 e. The summed E-state index contributed by atoms with van der Waals surface area (Å²) in [5, 5.41) is 9.39. The fourth-order valence-corrected chi connectivity index (χ4v) is 3.74. The number of rotatable bonds is 6. The van der Waals surface area contributed by atoms with E-state index in [9.17, 15) is 14.7 Å². The molecule has 0 saturated carbocycles. The van der Waals surface area contributed by atoms with Crippen molar-refractivity contribution in [3.8, 4) is 0 Å². The Morgan fingerprint density at radius 1 is 0.926 bits per heavy atom. The van der Waals surface area contributed by atoms with Gasteiger partial charge in [0.05, 0.1) is 6.42 Å². The summed E-state index contributed by atoms with van der Waals surface area (Å²) in [6.45, 7) is 1.29. The Labute approximate surface area is 159 Å². The fourth-order valence-electron chi connectivity index (χ4n) is 3.74. The standard InChI is InChI=1S/C22H25NO4/c24-20(25)16-22(15-18-7-3-1-4-8-18)11-13-23(14-12-22)21(26)27-17-19-9-5-2-6-10-19/h1-10H,11-17H2,(H,24,25). The van der Waals surface area contributed by atoms with E-state index in [2.05, 4.69) is 0 Å². The van der Waals surface area contributed by atoms with E-state index >= 15 is 0 Å². The molecule has 0 aromatic heterocycles. The number of benzene rings is 2. The van der Waals surface area contributed by atoms with E-state index in [1.54, 1.807) is 4.90 Å². The number of ether oxygens (including phenoxy) is 1. The van der Waals surface area contributed by atoms with Gasteiger partial charge in [-0.15, -0.1) is 0 Å². The molecule has 5 nitrogen and oxygen atoms in total. The quantitative estimate of drug-likeness (QED) is 0.834. The molecule has 0 atom stereocenters. The van der Waals surface area contributed by atoms with Crippen LogP contribution in [0.25, 0.3) is 0 Å². The third-order valence-electron chi connectivity index (χ3n) is 5.24. The zero-order valence-corrected chi connectivity index (χ0v) is 15.3. The van der Waals surface area contributed by atoms with E-state index < -0.39 is 5.97 Å². The molecule has 1 N–H and O–H groups in total. The molecule has 0 radical (unpaired) electrons. The van der Waals surface area contributed by atoms with Crippen LogP contribution in [0, 0.1) is 5.41 Å². The summed E-state index contributed by atoms with van der Waals surface area (Å²) in [6.07, 6.45) is 1.83. The van der Waals surface area contributed by atoms with Crippen LogP contribution < -0.4 is 0 Å². The number of amides is 1. The third-order valence-corrected chi connectivity index (χ3v) is 5.24. The lowest BCUT2D eigenvalue weighted by Crippen LogP contribution is -2.45. The summed E-state index contributed by atoms with van der Waals surface area (Å²) in [6, 6.07) is 19.5. The highest BCUT2D eigenvalue weighted by Crippen LogP contribution is 2.38. The molecule has 1 saturated heterocycles. The minimum atomic E-state index is -0.786. The first kappa shape index (κ1) is 19.0. The summed E-state index contributed by atoms with van der Waals surface area (Å²) in [5.41, 5.74) is 1.77. The van der Waals surface area contributed by atoms with E-state index in [1.165, 1.54) is 0 Å². The highest BCUT2D eigenvalue weighted by atomic mass is 16.6. The molecule has 2 aromatic rings. The second-order valence-electron chi connectivity index (χ2n) is 7.26. The summed E-state index contributed by atoms with van der Waals surface area (Å²) < 4.78 is 5.41. The Balaban J connectivity index is 1.58. The molecule has 1 fully saturated rings. The maximum atomic E-state index is 12.4. The Morgan fingerprint density at radius 3 is 2.04 bits per heavy atom. The van der Waals surface area contributed by atoms with Crippen molar-refractivity contribution in [3.63, 3.8) is 0 Å². The Kier molecular flexibility index (Phi) is 6.12. The van der Waals surface area contributed by atoms with Gasteiger partial charge in [-0.1, -0.05) is 60.7 Å². The number of carboxylic acids is 1. The molecule has 1 amide bonds. The first-order chi connectivity index (χ1) is 13.1. The highest BCUT2D eigenvalue weighted by Gasteiger charge is 2.38. The van der Waals surface area contributed by atoms with Gasteiger partial charge in [0.25, 0.3) is 0 Å². The van der Waals surface area contributed by atoms with Crippen molar-refractivity contribution in [2.45, 2.75) is 32.3 Å². The average Bonchev–Trinajstić information content (AvgIpc) is 2.68. The molecule has 142 valence electrons. The van der Waals surface area contributed by atoms with Gasteiger partial charge in [-0.2, -0.15) is 0 Å². The molecule has 27 heavy (non-hydrogen) atoms. The molecule has 1 aliphatic rings. The van der Waals surface area contributed by atoms with E-state index in [0.717, 1.165) is 11.1 Å². The number of hydrogen-bond donors (Lipinski definition) is 1. The van der Waals surface area contributed by atoms with Crippen molar-refractivity contribution in [2.24, 2.45) is 5.41 Å². The van der Waals surface area contributed by atoms with Gasteiger partial charge in [-0.3, -0.25) is 4.79 Å². The van der Waals surface area contributed by atoms with Gasteiger partial charge in [0, 0.05) is 13.1 Å². The summed E-state index contributed by atoms with van der Waals surface area (Å²) in [7, 11) is 0. The summed E-state index contributed by atoms with van der Waals surface area (Å²) >= 11 is 0. The van der Waals surface area contributed by atoms with E-state index in [0.29, 0.717) is 32.4 Å². The molecule has 0 unspecified atom stereocenters. The lowest BCUT2D eigenvalue weighted by atomic mass is 9.71. The van der Waals surface area contributed by atoms with Crippen LogP contribution >= 0.6 is 0 Å². The predicted molar refractivity (Wildman–Crippen MR) is 102 cm³/mol. The number of carbonyl (C=O) groups is 2. The summed E-state index contributed by atoms with van der Waals surface area (Å²) in [5.74, 6) is -0.786. The normalized spacial score (nSPS) is 15.9. The molecule has 3 rings (SSSR count). The second-order valence-corrected chi connectivity index (χ2v) is 7.26. The number of nitrogens with zero attached hydrogens (tertiary/aromatic N) is 1. The molecule has 1 aliphatic heterocycles. The van der Waals surface area contributed by atoms with Crippen LogP contribution in [0.1, 0.15) is 30.4 Å². The fraction of sp³-hybridized carbons (Fsp3) is 0.364.